The van der Waals surface area contributed by atoms with Gasteiger partial charge in [0.05, 0.1) is 0 Å². The lowest BCUT2D eigenvalue weighted by atomic mass is 10.3. The summed E-state index contributed by atoms with van der Waals surface area (Å²) in [6.45, 7) is 1.90. The van der Waals surface area contributed by atoms with Crippen LogP contribution in [0.4, 0.5) is 5.82 Å². The van der Waals surface area contributed by atoms with E-state index in [1.54, 1.807) is 17.0 Å². The molecule has 0 aliphatic rings. The van der Waals surface area contributed by atoms with Crippen molar-refractivity contribution >= 4 is 5.82 Å². The minimum Gasteiger partial charge on any atom is -0.504 e. The fraction of sp³-hybridized carbons (Fsp3) is 0.375. The SMILES string of the molecule is Cc1ccc(O)c(N(C)C)n1. The second-order valence-electron chi connectivity index (χ2n) is 2.69. The number of aryl methyl sites for hydroxylation is 1. The molecular weight excluding hydrogens is 140 g/mol. The molecule has 60 valence electrons. The summed E-state index contributed by atoms with van der Waals surface area (Å²) in [5, 5.41) is 9.30. The number of pyridine rings is 1. The molecule has 0 saturated heterocycles. The Hall–Kier alpha value is -1.25. The van der Waals surface area contributed by atoms with Crippen molar-refractivity contribution in [3.63, 3.8) is 0 Å². The number of rotatable bonds is 1. The zero-order chi connectivity index (χ0) is 8.43. The topological polar surface area (TPSA) is 36.4 Å². The predicted molar refractivity (Wildman–Crippen MR) is 45.0 cm³/mol. The first kappa shape index (κ1) is 7.85. The number of anilines is 1. The Labute approximate surface area is 66.3 Å². The molecule has 3 nitrogen and oxygen atoms in total. The zero-order valence-corrected chi connectivity index (χ0v) is 7.00. The highest BCUT2D eigenvalue weighted by Gasteiger charge is 2.03. The average molecular weight is 152 g/mol. The van der Waals surface area contributed by atoms with Gasteiger partial charge in [-0.1, -0.05) is 0 Å². The minimum atomic E-state index is 0.223. The second-order valence-corrected chi connectivity index (χ2v) is 2.69. The molecule has 0 aromatic carbocycles. The van der Waals surface area contributed by atoms with E-state index in [0.29, 0.717) is 5.82 Å². The van der Waals surface area contributed by atoms with Gasteiger partial charge < -0.3 is 10.0 Å². The predicted octanol–water partition coefficient (Wildman–Crippen LogP) is 1.16. The number of hydrogen-bond donors (Lipinski definition) is 1. The van der Waals surface area contributed by atoms with Crippen molar-refractivity contribution in [3.8, 4) is 5.75 Å². The molecule has 0 fully saturated rings. The molecule has 1 heterocycles. The van der Waals surface area contributed by atoms with Crippen molar-refractivity contribution in [1.29, 1.82) is 0 Å². The summed E-state index contributed by atoms with van der Waals surface area (Å²) in [5.41, 5.74) is 0.909. The van der Waals surface area contributed by atoms with Gasteiger partial charge in [0.1, 0.15) is 0 Å². The van der Waals surface area contributed by atoms with Gasteiger partial charge >= 0.3 is 0 Å². The number of nitrogens with zero attached hydrogens (tertiary/aromatic N) is 2. The van der Waals surface area contributed by atoms with Crippen LogP contribution in [0.25, 0.3) is 0 Å². The molecule has 1 N–H and O–H groups in total. The molecule has 0 atom stereocenters. The molecule has 1 aromatic rings. The third-order valence-corrected chi connectivity index (χ3v) is 1.42. The van der Waals surface area contributed by atoms with E-state index in [1.807, 2.05) is 21.0 Å². The molecule has 0 aliphatic carbocycles. The van der Waals surface area contributed by atoms with Crippen LogP contribution < -0.4 is 4.90 Å². The summed E-state index contributed by atoms with van der Waals surface area (Å²) in [6, 6.07) is 3.43. The Morgan fingerprint density at radius 1 is 1.36 bits per heavy atom. The van der Waals surface area contributed by atoms with Crippen LogP contribution in [-0.4, -0.2) is 24.2 Å². The summed E-state index contributed by atoms with van der Waals surface area (Å²) < 4.78 is 0. The van der Waals surface area contributed by atoms with Gasteiger partial charge in [0, 0.05) is 19.8 Å². The molecule has 0 aliphatic heterocycles. The van der Waals surface area contributed by atoms with E-state index < -0.39 is 0 Å². The van der Waals surface area contributed by atoms with Crippen molar-refractivity contribution in [1.82, 2.24) is 4.98 Å². The molecule has 0 amide bonds. The number of hydrogen-bond acceptors (Lipinski definition) is 3. The van der Waals surface area contributed by atoms with Gasteiger partial charge in [-0.2, -0.15) is 0 Å². The molecule has 11 heavy (non-hydrogen) atoms. The first-order valence-electron chi connectivity index (χ1n) is 3.45. The lowest BCUT2D eigenvalue weighted by Crippen LogP contribution is -2.11. The highest BCUT2D eigenvalue weighted by molar-refractivity contribution is 5.50. The highest BCUT2D eigenvalue weighted by atomic mass is 16.3. The van der Waals surface area contributed by atoms with E-state index in [2.05, 4.69) is 4.98 Å². The molecule has 1 rings (SSSR count). The summed E-state index contributed by atoms with van der Waals surface area (Å²) in [7, 11) is 3.70. The maximum atomic E-state index is 9.30. The molecule has 0 saturated carbocycles. The van der Waals surface area contributed by atoms with Crippen LogP contribution in [0.2, 0.25) is 0 Å². The average Bonchev–Trinajstić information content (AvgIpc) is 1.94. The van der Waals surface area contributed by atoms with E-state index in [1.165, 1.54) is 0 Å². The molecule has 1 aromatic heterocycles. The fourth-order valence-electron chi connectivity index (χ4n) is 0.865. The summed E-state index contributed by atoms with van der Waals surface area (Å²) >= 11 is 0. The first-order valence-corrected chi connectivity index (χ1v) is 3.45. The van der Waals surface area contributed by atoms with E-state index >= 15 is 0 Å². The van der Waals surface area contributed by atoms with Crippen LogP contribution in [0.5, 0.6) is 5.75 Å². The second kappa shape index (κ2) is 2.78. The Bertz CT molecular complexity index is 258. The zero-order valence-electron chi connectivity index (χ0n) is 7.00. The Kier molecular flexibility index (Phi) is 1.98. The van der Waals surface area contributed by atoms with Crippen LogP contribution in [0.15, 0.2) is 12.1 Å². The van der Waals surface area contributed by atoms with Gasteiger partial charge in [-0.05, 0) is 19.1 Å². The van der Waals surface area contributed by atoms with E-state index in [-0.39, 0.29) is 5.75 Å². The van der Waals surface area contributed by atoms with Crippen molar-refractivity contribution in [2.45, 2.75) is 6.92 Å². The molecule has 0 radical (unpaired) electrons. The summed E-state index contributed by atoms with van der Waals surface area (Å²) in [5.74, 6) is 0.839. The maximum Gasteiger partial charge on any atom is 0.170 e. The highest BCUT2D eigenvalue weighted by Crippen LogP contribution is 2.21. The lowest BCUT2D eigenvalue weighted by molar-refractivity contribution is 0.473. The first-order chi connectivity index (χ1) is 5.11. The largest absolute Gasteiger partial charge is 0.504 e. The van der Waals surface area contributed by atoms with Gasteiger partial charge in [0.15, 0.2) is 11.6 Å². The fourth-order valence-corrected chi connectivity index (χ4v) is 0.865. The van der Waals surface area contributed by atoms with E-state index in [9.17, 15) is 5.11 Å². The standard InChI is InChI=1S/C8H12N2O/c1-6-4-5-7(11)8(9-6)10(2)3/h4-5,11H,1-3H3. The minimum absolute atomic E-state index is 0.223. The summed E-state index contributed by atoms with van der Waals surface area (Å²) in [4.78, 5) is 5.93. The van der Waals surface area contributed by atoms with Crippen molar-refractivity contribution in [3.05, 3.63) is 17.8 Å². The van der Waals surface area contributed by atoms with Crippen LogP contribution >= 0.6 is 0 Å². The third kappa shape index (κ3) is 1.61. The third-order valence-electron chi connectivity index (χ3n) is 1.42. The van der Waals surface area contributed by atoms with Crippen molar-refractivity contribution < 1.29 is 5.11 Å². The molecule has 0 unspecified atom stereocenters. The maximum absolute atomic E-state index is 9.30. The van der Waals surface area contributed by atoms with E-state index in [0.717, 1.165) is 5.69 Å². The Morgan fingerprint density at radius 2 is 2.00 bits per heavy atom. The normalized spacial score (nSPS) is 9.73. The van der Waals surface area contributed by atoms with Gasteiger partial charge in [-0.25, -0.2) is 4.98 Å². The molecular formula is C8H12N2O. The smallest absolute Gasteiger partial charge is 0.170 e. The van der Waals surface area contributed by atoms with Crippen LogP contribution in [0, 0.1) is 6.92 Å². The van der Waals surface area contributed by atoms with E-state index in [4.69, 9.17) is 0 Å². The van der Waals surface area contributed by atoms with Gasteiger partial charge in [-0.3, -0.25) is 0 Å². The van der Waals surface area contributed by atoms with Gasteiger partial charge in [0.2, 0.25) is 0 Å². The van der Waals surface area contributed by atoms with Crippen LogP contribution in [0.3, 0.4) is 0 Å². The lowest BCUT2D eigenvalue weighted by Gasteiger charge is -2.12. The Balaban J connectivity index is 3.13. The number of aromatic nitrogens is 1. The van der Waals surface area contributed by atoms with Gasteiger partial charge in [0.25, 0.3) is 0 Å². The van der Waals surface area contributed by atoms with Crippen LogP contribution in [0.1, 0.15) is 5.69 Å². The summed E-state index contributed by atoms with van der Waals surface area (Å²) in [6.07, 6.45) is 0. The number of aromatic hydroxyl groups is 1. The van der Waals surface area contributed by atoms with Gasteiger partial charge in [-0.15, -0.1) is 0 Å². The van der Waals surface area contributed by atoms with Crippen molar-refractivity contribution in [2.75, 3.05) is 19.0 Å². The molecule has 0 spiro atoms. The quantitative estimate of drug-likeness (QED) is 0.656. The van der Waals surface area contributed by atoms with Crippen molar-refractivity contribution in [2.24, 2.45) is 0 Å². The monoisotopic (exact) mass is 152 g/mol. The van der Waals surface area contributed by atoms with Crippen LogP contribution in [-0.2, 0) is 0 Å². The Morgan fingerprint density at radius 3 is 2.45 bits per heavy atom. The molecule has 3 heteroatoms. The molecule has 0 bridgehead atoms.